The standard InChI is InChI=1S/C27H24FN5O3/c1-27(35)12-16(13-27)25-31-22(23-24(29)30-9-10-32(23)25)15-3-8-19-20(11-15)26(34)33(14-21(19)36-2)18-6-4-17(28)5-7-18/h3-11,14,16,35H,12-13H2,1-2H3,(H2,29,30). The number of rotatable bonds is 4. The van der Waals surface area contributed by atoms with Crippen LogP contribution in [0.3, 0.4) is 0 Å². The topological polar surface area (TPSA) is 108 Å². The minimum atomic E-state index is -0.708. The quantitative estimate of drug-likeness (QED) is 0.398. The van der Waals surface area contributed by atoms with E-state index in [1.54, 1.807) is 30.6 Å². The van der Waals surface area contributed by atoms with Gasteiger partial charge in [0.05, 0.1) is 24.3 Å². The molecule has 9 heteroatoms. The molecule has 0 aliphatic heterocycles. The van der Waals surface area contributed by atoms with Crippen LogP contribution in [0.15, 0.2) is 65.8 Å². The molecule has 0 amide bonds. The molecule has 0 saturated heterocycles. The maximum atomic E-state index is 13.6. The van der Waals surface area contributed by atoms with E-state index in [9.17, 15) is 14.3 Å². The molecule has 8 nitrogen and oxygen atoms in total. The molecule has 182 valence electrons. The minimum absolute atomic E-state index is 0.0827. The van der Waals surface area contributed by atoms with Crippen LogP contribution in [0.5, 0.6) is 5.75 Å². The van der Waals surface area contributed by atoms with E-state index in [1.165, 1.54) is 23.8 Å². The molecular weight excluding hydrogens is 461 g/mol. The van der Waals surface area contributed by atoms with E-state index in [4.69, 9.17) is 15.5 Å². The predicted octanol–water partition coefficient (Wildman–Crippen LogP) is 4.06. The molecule has 1 saturated carbocycles. The van der Waals surface area contributed by atoms with Crippen LogP contribution in [0.2, 0.25) is 0 Å². The van der Waals surface area contributed by atoms with Crippen LogP contribution in [-0.4, -0.2) is 36.8 Å². The number of aromatic nitrogens is 4. The zero-order chi connectivity index (χ0) is 25.2. The molecular formula is C27H24FN5O3. The van der Waals surface area contributed by atoms with Gasteiger partial charge < -0.3 is 15.6 Å². The van der Waals surface area contributed by atoms with E-state index >= 15 is 0 Å². The van der Waals surface area contributed by atoms with Crippen molar-refractivity contribution >= 4 is 22.1 Å². The molecule has 1 aliphatic rings. The molecule has 3 N–H and O–H groups in total. The number of imidazole rings is 1. The number of halogens is 1. The number of nitrogens with two attached hydrogens (primary N) is 1. The van der Waals surface area contributed by atoms with Crippen molar-refractivity contribution in [3.8, 4) is 22.7 Å². The summed E-state index contributed by atoms with van der Waals surface area (Å²) in [5, 5.41) is 11.4. The highest BCUT2D eigenvalue weighted by Crippen LogP contribution is 2.45. The minimum Gasteiger partial charge on any atom is -0.495 e. The molecule has 3 aromatic heterocycles. The highest BCUT2D eigenvalue weighted by atomic mass is 19.1. The fraction of sp³-hybridized carbons (Fsp3) is 0.222. The highest BCUT2D eigenvalue weighted by molar-refractivity contribution is 5.94. The van der Waals surface area contributed by atoms with Crippen LogP contribution in [-0.2, 0) is 0 Å². The first-order valence-corrected chi connectivity index (χ1v) is 11.6. The summed E-state index contributed by atoms with van der Waals surface area (Å²) in [7, 11) is 1.54. The first-order valence-electron chi connectivity index (χ1n) is 11.6. The van der Waals surface area contributed by atoms with Gasteiger partial charge in [-0.1, -0.05) is 6.07 Å². The summed E-state index contributed by atoms with van der Waals surface area (Å²) in [5.41, 5.74) is 7.79. The van der Waals surface area contributed by atoms with Crippen LogP contribution in [0, 0.1) is 5.82 Å². The van der Waals surface area contributed by atoms with Crippen molar-refractivity contribution < 1.29 is 14.2 Å². The maximum absolute atomic E-state index is 13.6. The van der Waals surface area contributed by atoms with Crippen LogP contribution in [0.1, 0.15) is 31.5 Å². The van der Waals surface area contributed by atoms with Crippen molar-refractivity contribution in [1.82, 2.24) is 18.9 Å². The SMILES string of the molecule is COc1cn(-c2ccc(F)cc2)c(=O)c2cc(-c3nc(C4CC(C)(O)C4)n4ccnc(N)c34)ccc12. The van der Waals surface area contributed by atoms with Gasteiger partial charge in [0.1, 0.15) is 34.4 Å². The summed E-state index contributed by atoms with van der Waals surface area (Å²) in [6.07, 6.45) is 6.25. The fourth-order valence-electron chi connectivity index (χ4n) is 5.18. The Balaban J connectivity index is 1.57. The number of benzene rings is 2. The molecule has 0 unspecified atom stereocenters. The lowest BCUT2D eigenvalue weighted by Gasteiger charge is -2.40. The smallest absolute Gasteiger partial charge is 0.263 e. The van der Waals surface area contributed by atoms with Crippen LogP contribution in [0.4, 0.5) is 10.2 Å². The number of aliphatic hydroxyl groups is 1. The lowest BCUT2D eigenvalue weighted by molar-refractivity contribution is -0.0335. The number of nitrogens with zero attached hydrogens (tertiary/aromatic N) is 4. The molecule has 1 aliphatic carbocycles. The van der Waals surface area contributed by atoms with Crippen molar-refractivity contribution in [2.45, 2.75) is 31.3 Å². The first kappa shape index (κ1) is 22.2. The Morgan fingerprint density at radius 2 is 1.92 bits per heavy atom. The Kier molecular flexibility index (Phi) is 4.87. The fourth-order valence-corrected chi connectivity index (χ4v) is 5.18. The Hall–Kier alpha value is -4.24. The van der Waals surface area contributed by atoms with E-state index in [1.807, 2.05) is 29.7 Å². The molecule has 0 atom stereocenters. The average Bonchev–Trinajstić information content (AvgIpc) is 3.24. The largest absolute Gasteiger partial charge is 0.495 e. The van der Waals surface area contributed by atoms with Crippen molar-refractivity contribution in [2.24, 2.45) is 0 Å². The lowest BCUT2D eigenvalue weighted by Crippen LogP contribution is -2.40. The van der Waals surface area contributed by atoms with Gasteiger partial charge in [-0.2, -0.15) is 0 Å². The van der Waals surface area contributed by atoms with Gasteiger partial charge in [0.25, 0.3) is 5.56 Å². The van der Waals surface area contributed by atoms with E-state index in [2.05, 4.69) is 4.98 Å². The van der Waals surface area contributed by atoms with Gasteiger partial charge in [-0.15, -0.1) is 0 Å². The Labute approximate surface area is 205 Å². The summed E-state index contributed by atoms with van der Waals surface area (Å²) in [6.45, 7) is 1.82. The van der Waals surface area contributed by atoms with E-state index < -0.39 is 5.60 Å². The number of pyridine rings is 1. The molecule has 1 fully saturated rings. The van der Waals surface area contributed by atoms with Crippen LogP contribution >= 0.6 is 0 Å². The number of hydrogen-bond acceptors (Lipinski definition) is 6. The molecule has 0 radical (unpaired) electrons. The zero-order valence-electron chi connectivity index (χ0n) is 19.8. The normalized spacial score (nSPS) is 19.5. The zero-order valence-corrected chi connectivity index (χ0v) is 19.8. The Morgan fingerprint density at radius 1 is 1.17 bits per heavy atom. The number of methoxy groups -OCH3 is 1. The summed E-state index contributed by atoms with van der Waals surface area (Å²) >= 11 is 0. The summed E-state index contributed by atoms with van der Waals surface area (Å²) in [5.74, 6) is 1.33. The third-order valence-corrected chi connectivity index (χ3v) is 6.93. The van der Waals surface area contributed by atoms with Crippen molar-refractivity contribution in [3.63, 3.8) is 0 Å². The van der Waals surface area contributed by atoms with Crippen molar-refractivity contribution in [2.75, 3.05) is 12.8 Å². The molecule has 5 aromatic rings. The number of nitrogen functional groups attached to an aromatic ring is 1. The molecule has 36 heavy (non-hydrogen) atoms. The van der Waals surface area contributed by atoms with E-state index in [0.717, 1.165) is 5.82 Å². The predicted molar refractivity (Wildman–Crippen MR) is 135 cm³/mol. The van der Waals surface area contributed by atoms with Gasteiger partial charge >= 0.3 is 0 Å². The molecule has 2 aromatic carbocycles. The van der Waals surface area contributed by atoms with Gasteiger partial charge in [-0.05, 0) is 56.2 Å². The van der Waals surface area contributed by atoms with Crippen LogP contribution < -0.4 is 16.0 Å². The second-order valence-corrected chi connectivity index (χ2v) is 9.56. The van der Waals surface area contributed by atoms with Gasteiger partial charge in [0, 0.05) is 34.9 Å². The molecule has 3 heterocycles. The van der Waals surface area contributed by atoms with Gasteiger partial charge in [-0.3, -0.25) is 13.8 Å². The lowest BCUT2D eigenvalue weighted by atomic mass is 9.72. The highest BCUT2D eigenvalue weighted by Gasteiger charge is 2.41. The maximum Gasteiger partial charge on any atom is 0.263 e. The van der Waals surface area contributed by atoms with Gasteiger partial charge in [0.15, 0.2) is 0 Å². The number of fused-ring (bicyclic) bond motifs is 2. The van der Waals surface area contributed by atoms with Gasteiger partial charge in [0.2, 0.25) is 0 Å². The Morgan fingerprint density at radius 3 is 2.61 bits per heavy atom. The second-order valence-electron chi connectivity index (χ2n) is 9.56. The van der Waals surface area contributed by atoms with E-state index in [-0.39, 0.29) is 17.3 Å². The summed E-state index contributed by atoms with van der Waals surface area (Å²) in [4.78, 5) is 22.7. The molecule has 0 spiro atoms. The first-order chi connectivity index (χ1) is 17.3. The number of hydrogen-bond donors (Lipinski definition) is 2. The summed E-state index contributed by atoms with van der Waals surface area (Å²) in [6, 6.07) is 11.2. The monoisotopic (exact) mass is 485 g/mol. The third kappa shape index (κ3) is 3.43. The number of ether oxygens (including phenoxy) is 1. The summed E-state index contributed by atoms with van der Waals surface area (Å²) < 4.78 is 22.4. The Bertz CT molecular complexity index is 1700. The number of anilines is 1. The third-order valence-electron chi connectivity index (χ3n) is 6.93. The van der Waals surface area contributed by atoms with Gasteiger partial charge in [-0.25, -0.2) is 14.4 Å². The molecule has 6 rings (SSSR count). The average molecular weight is 486 g/mol. The second kappa shape index (κ2) is 7.89. The van der Waals surface area contributed by atoms with E-state index in [0.29, 0.717) is 57.6 Å². The van der Waals surface area contributed by atoms with Crippen molar-refractivity contribution in [3.05, 3.63) is 83.1 Å². The van der Waals surface area contributed by atoms with Crippen LogP contribution in [0.25, 0.3) is 33.2 Å². The van der Waals surface area contributed by atoms with Crippen molar-refractivity contribution in [1.29, 1.82) is 0 Å². The molecule has 0 bridgehead atoms.